The van der Waals surface area contributed by atoms with Crippen molar-refractivity contribution in [2.24, 2.45) is 10.3 Å². The van der Waals surface area contributed by atoms with Gasteiger partial charge in [-0.15, -0.1) is 0 Å². The molecule has 0 saturated carbocycles. The second-order valence-corrected chi connectivity index (χ2v) is 7.13. The Bertz CT molecular complexity index is 653. The topological polar surface area (TPSA) is 105 Å². The van der Waals surface area contributed by atoms with Crippen LogP contribution in [0.25, 0.3) is 0 Å². The van der Waals surface area contributed by atoms with Crippen molar-refractivity contribution < 1.29 is 23.8 Å². The molecule has 4 saturated heterocycles. The zero-order valence-electron chi connectivity index (χ0n) is 12.9. The molecule has 4 unspecified atom stereocenters. The quantitative estimate of drug-likeness (QED) is 0.648. The van der Waals surface area contributed by atoms with Crippen LogP contribution in [-0.2, 0) is 19.0 Å². The number of rotatable bonds is 0. The van der Waals surface area contributed by atoms with Crippen LogP contribution in [0.4, 0.5) is 4.79 Å². The molecule has 0 spiro atoms. The van der Waals surface area contributed by atoms with E-state index in [0.717, 1.165) is 0 Å². The second-order valence-electron chi connectivity index (χ2n) is 7.13. The molecule has 5 aliphatic heterocycles. The third-order valence-corrected chi connectivity index (χ3v) is 5.10. The summed E-state index contributed by atoms with van der Waals surface area (Å²) in [5, 5.41) is 12.2. The molecule has 5 rings (SSSR count). The third kappa shape index (κ3) is 1.53. The minimum Gasteiger partial charge on any atom is -0.347 e. The predicted molar refractivity (Wildman–Crippen MR) is 71.6 cm³/mol. The lowest BCUT2D eigenvalue weighted by Crippen LogP contribution is -2.73. The molecule has 1 N–H and O–H groups in total. The molecule has 10 heteroatoms. The molecular weight excluding hydrogens is 306 g/mol. The summed E-state index contributed by atoms with van der Waals surface area (Å²) in [6, 6.07) is -0.519. The first-order valence-corrected chi connectivity index (χ1v) is 7.64. The zero-order chi connectivity index (χ0) is 16.1. The fraction of sp³-hybridized carbons (Fsp3) is 0.846. The molecule has 4 fully saturated rings. The smallest absolute Gasteiger partial charge is 0.328 e. The van der Waals surface area contributed by atoms with Gasteiger partial charge in [-0.25, -0.2) is 4.79 Å². The van der Waals surface area contributed by atoms with Crippen LogP contribution in [0.15, 0.2) is 10.3 Å². The standard InChI is InChI=1S/C13H17N5O5/c1-12(2)22-6-5-4-17-10-13(3,15-16-17)9(19)14-11(20)18(10)8(21-5)7(6)23-12/h5-8,10H,4H2,1-3H3,(H,14,19,20)/t5-,6?,7?,8-,10?,13?/m1/s1. The van der Waals surface area contributed by atoms with Gasteiger partial charge in [0.1, 0.15) is 18.3 Å². The maximum Gasteiger partial charge on any atom is 0.328 e. The summed E-state index contributed by atoms with van der Waals surface area (Å²) in [4.78, 5) is 26.2. The van der Waals surface area contributed by atoms with Crippen molar-refractivity contribution in [2.45, 2.75) is 62.8 Å². The van der Waals surface area contributed by atoms with Crippen LogP contribution in [0.5, 0.6) is 0 Å². The Kier molecular flexibility index (Phi) is 2.27. The van der Waals surface area contributed by atoms with Gasteiger partial charge in [0, 0.05) is 0 Å². The highest BCUT2D eigenvalue weighted by atomic mass is 16.8. The Balaban J connectivity index is 1.60. The number of carbonyl (C=O) groups excluding carboxylic acids is 2. The van der Waals surface area contributed by atoms with Gasteiger partial charge in [0.05, 0.1) is 6.54 Å². The first kappa shape index (κ1) is 13.6. The molecule has 5 heterocycles. The van der Waals surface area contributed by atoms with Crippen LogP contribution in [0.2, 0.25) is 0 Å². The van der Waals surface area contributed by atoms with Crippen LogP contribution in [0.3, 0.4) is 0 Å². The molecule has 3 amide bonds. The SMILES string of the molecule is CC1(C)OC2C(O1)[C@H]1CN3N=NC4(C)C(=O)NC(=O)N(C34)[C@@H]2O1. The fourth-order valence-corrected chi connectivity index (χ4v) is 4.12. The van der Waals surface area contributed by atoms with E-state index in [-0.39, 0.29) is 12.2 Å². The molecule has 0 aliphatic carbocycles. The highest BCUT2D eigenvalue weighted by molar-refractivity contribution is 6.03. The summed E-state index contributed by atoms with van der Waals surface area (Å²) < 4.78 is 17.9. The molecule has 10 nitrogen and oxygen atoms in total. The number of amides is 3. The lowest BCUT2D eigenvalue weighted by Gasteiger charge is -2.44. The molecule has 0 radical (unpaired) electrons. The van der Waals surface area contributed by atoms with Crippen molar-refractivity contribution in [3.8, 4) is 0 Å². The highest BCUT2D eigenvalue weighted by Gasteiger charge is 2.67. The number of carbonyl (C=O) groups is 2. The minimum atomic E-state index is -1.15. The van der Waals surface area contributed by atoms with Gasteiger partial charge >= 0.3 is 6.03 Å². The van der Waals surface area contributed by atoms with Crippen LogP contribution in [-0.4, -0.2) is 70.4 Å². The van der Waals surface area contributed by atoms with Crippen LogP contribution in [0, 0.1) is 0 Å². The molecule has 0 aromatic carbocycles. The molecular formula is C13H17N5O5. The van der Waals surface area contributed by atoms with Gasteiger partial charge < -0.3 is 14.2 Å². The zero-order valence-corrected chi connectivity index (χ0v) is 12.9. The van der Waals surface area contributed by atoms with Gasteiger partial charge in [-0.3, -0.25) is 20.0 Å². The van der Waals surface area contributed by atoms with Gasteiger partial charge in [0.2, 0.25) is 0 Å². The number of fused-ring (bicyclic) bond motifs is 6. The van der Waals surface area contributed by atoms with E-state index < -0.39 is 41.8 Å². The largest absolute Gasteiger partial charge is 0.347 e. The van der Waals surface area contributed by atoms with Crippen LogP contribution < -0.4 is 5.32 Å². The Hall–Kier alpha value is -1.78. The number of ether oxygens (including phenoxy) is 3. The number of hydrogen-bond acceptors (Lipinski definition) is 8. The van der Waals surface area contributed by atoms with E-state index in [1.165, 1.54) is 4.90 Å². The molecule has 0 aromatic heterocycles. The van der Waals surface area contributed by atoms with Crippen molar-refractivity contribution in [1.29, 1.82) is 0 Å². The van der Waals surface area contributed by atoms with E-state index >= 15 is 0 Å². The predicted octanol–water partition coefficient (Wildman–Crippen LogP) is -0.436. The summed E-state index contributed by atoms with van der Waals surface area (Å²) >= 11 is 0. The molecule has 5 aliphatic rings. The number of nitrogens with one attached hydrogen (secondary N) is 1. The summed E-state index contributed by atoms with van der Waals surface area (Å²) in [6.07, 6.45) is -2.24. The fourth-order valence-electron chi connectivity index (χ4n) is 4.12. The Morgan fingerprint density at radius 2 is 1.96 bits per heavy atom. The molecule has 124 valence electrons. The Morgan fingerprint density at radius 1 is 1.22 bits per heavy atom. The summed E-state index contributed by atoms with van der Waals surface area (Å²) in [5.41, 5.74) is -1.15. The molecule has 6 atom stereocenters. The maximum atomic E-state index is 12.5. The first-order chi connectivity index (χ1) is 10.8. The summed E-state index contributed by atoms with van der Waals surface area (Å²) in [7, 11) is 0. The lowest BCUT2D eigenvalue weighted by molar-refractivity contribution is -0.200. The van der Waals surface area contributed by atoms with E-state index in [4.69, 9.17) is 14.2 Å². The van der Waals surface area contributed by atoms with Crippen molar-refractivity contribution in [3.05, 3.63) is 0 Å². The average Bonchev–Trinajstić information content (AvgIpc) is 2.99. The van der Waals surface area contributed by atoms with Crippen LogP contribution >= 0.6 is 0 Å². The molecule has 0 aromatic rings. The second kappa shape index (κ2) is 3.82. The van der Waals surface area contributed by atoms with Crippen LogP contribution in [0.1, 0.15) is 20.8 Å². The third-order valence-electron chi connectivity index (χ3n) is 5.10. The van der Waals surface area contributed by atoms with E-state index in [1.807, 2.05) is 13.8 Å². The van der Waals surface area contributed by atoms with Gasteiger partial charge in [-0.05, 0) is 20.8 Å². The monoisotopic (exact) mass is 323 g/mol. The summed E-state index contributed by atoms with van der Waals surface area (Å²) in [6.45, 7) is 5.73. The van der Waals surface area contributed by atoms with Gasteiger partial charge in [0.15, 0.2) is 23.7 Å². The van der Waals surface area contributed by atoms with E-state index in [9.17, 15) is 9.59 Å². The maximum absolute atomic E-state index is 12.5. The average molecular weight is 323 g/mol. The summed E-state index contributed by atoms with van der Waals surface area (Å²) in [5.74, 6) is -1.19. The Labute approximate surface area is 131 Å². The number of imide groups is 1. The normalized spacial score (nSPS) is 49.1. The van der Waals surface area contributed by atoms with Crippen molar-refractivity contribution in [3.63, 3.8) is 0 Å². The van der Waals surface area contributed by atoms with Crippen molar-refractivity contribution >= 4 is 11.9 Å². The first-order valence-electron chi connectivity index (χ1n) is 7.64. The molecule has 23 heavy (non-hydrogen) atoms. The van der Waals surface area contributed by atoms with E-state index in [1.54, 1.807) is 11.9 Å². The molecule has 2 bridgehead atoms. The lowest BCUT2D eigenvalue weighted by atomic mass is 9.93. The van der Waals surface area contributed by atoms with E-state index in [2.05, 4.69) is 15.7 Å². The van der Waals surface area contributed by atoms with E-state index in [0.29, 0.717) is 6.54 Å². The highest BCUT2D eigenvalue weighted by Crippen LogP contribution is 2.46. The van der Waals surface area contributed by atoms with Gasteiger partial charge in [-0.2, -0.15) is 5.11 Å². The van der Waals surface area contributed by atoms with Gasteiger partial charge in [0.25, 0.3) is 5.91 Å². The number of hydrogen-bond donors (Lipinski definition) is 1. The Morgan fingerprint density at radius 3 is 2.74 bits per heavy atom. The van der Waals surface area contributed by atoms with Crippen molar-refractivity contribution in [1.82, 2.24) is 15.2 Å². The van der Waals surface area contributed by atoms with Crippen molar-refractivity contribution in [2.75, 3.05) is 6.54 Å². The number of urea groups is 1. The minimum absolute atomic E-state index is 0.288. The van der Waals surface area contributed by atoms with Gasteiger partial charge in [-0.1, -0.05) is 5.22 Å². The number of nitrogens with zero attached hydrogens (tertiary/aromatic N) is 4.